The van der Waals surface area contributed by atoms with Crippen LogP contribution in [0.25, 0.3) is 0 Å². The Labute approximate surface area is 110 Å². The second-order valence-corrected chi connectivity index (χ2v) is 5.68. The highest BCUT2D eigenvalue weighted by Gasteiger charge is 2.26. The van der Waals surface area contributed by atoms with E-state index in [4.69, 9.17) is 4.74 Å². The van der Waals surface area contributed by atoms with Crippen molar-refractivity contribution in [2.45, 2.75) is 26.2 Å². The third-order valence-electron chi connectivity index (χ3n) is 3.24. The number of hydrogen-bond acceptors (Lipinski definition) is 3. The summed E-state index contributed by atoms with van der Waals surface area (Å²) >= 11 is 1.59. The summed E-state index contributed by atoms with van der Waals surface area (Å²) in [4.78, 5) is 13.2. The van der Waals surface area contributed by atoms with Crippen LogP contribution in [-0.4, -0.2) is 5.78 Å². The number of hydrogen-bond donors (Lipinski definition) is 0. The molecule has 3 rings (SSSR count). The van der Waals surface area contributed by atoms with Gasteiger partial charge in [-0.25, -0.2) is 0 Å². The minimum atomic E-state index is 0.228. The standard InChI is InChI=1S/C15H14O2S/c1-10-12-8-5-9-13(16)14(12)15(18-10)17-11-6-3-2-4-7-11/h2-4,6-7H,5,8-9H2,1H3. The Hall–Kier alpha value is -1.61. The van der Waals surface area contributed by atoms with Gasteiger partial charge in [0.05, 0.1) is 5.56 Å². The zero-order chi connectivity index (χ0) is 12.5. The van der Waals surface area contributed by atoms with Crippen molar-refractivity contribution in [3.8, 4) is 10.8 Å². The van der Waals surface area contributed by atoms with Crippen LogP contribution >= 0.6 is 11.3 Å². The first-order valence-corrected chi connectivity index (χ1v) is 6.95. The topological polar surface area (TPSA) is 26.3 Å². The minimum absolute atomic E-state index is 0.228. The summed E-state index contributed by atoms with van der Waals surface area (Å²) in [7, 11) is 0. The van der Waals surface area contributed by atoms with Crippen molar-refractivity contribution in [2.75, 3.05) is 0 Å². The molecule has 0 bridgehead atoms. The third kappa shape index (κ3) is 1.95. The van der Waals surface area contributed by atoms with Gasteiger partial charge in [-0.05, 0) is 37.5 Å². The predicted molar refractivity (Wildman–Crippen MR) is 72.8 cm³/mol. The van der Waals surface area contributed by atoms with Crippen LogP contribution in [-0.2, 0) is 6.42 Å². The van der Waals surface area contributed by atoms with Crippen LogP contribution in [0.3, 0.4) is 0 Å². The first-order valence-electron chi connectivity index (χ1n) is 6.14. The van der Waals surface area contributed by atoms with E-state index in [1.165, 1.54) is 10.4 Å². The van der Waals surface area contributed by atoms with Crippen molar-refractivity contribution in [2.24, 2.45) is 0 Å². The zero-order valence-electron chi connectivity index (χ0n) is 10.2. The molecule has 3 heteroatoms. The molecule has 0 amide bonds. The lowest BCUT2D eigenvalue weighted by Crippen LogP contribution is -2.09. The molecule has 0 aliphatic heterocycles. The lowest BCUT2D eigenvalue weighted by atomic mass is 9.92. The number of ether oxygens (including phenoxy) is 1. The maximum Gasteiger partial charge on any atom is 0.192 e. The van der Waals surface area contributed by atoms with Crippen molar-refractivity contribution in [3.05, 3.63) is 46.3 Å². The van der Waals surface area contributed by atoms with E-state index in [9.17, 15) is 4.79 Å². The van der Waals surface area contributed by atoms with Crippen LogP contribution in [0.15, 0.2) is 30.3 Å². The molecule has 0 atom stereocenters. The molecule has 18 heavy (non-hydrogen) atoms. The lowest BCUT2D eigenvalue weighted by molar-refractivity contribution is 0.0971. The van der Waals surface area contributed by atoms with Crippen LogP contribution in [0.4, 0.5) is 0 Å². The zero-order valence-corrected chi connectivity index (χ0v) is 11.0. The molecule has 2 aromatic rings. The van der Waals surface area contributed by atoms with Crippen LogP contribution < -0.4 is 4.74 Å². The van der Waals surface area contributed by atoms with Gasteiger partial charge < -0.3 is 4.74 Å². The Morgan fingerprint density at radius 1 is 1.17 bits per heavy atom. The molecule has 1 aromatic carbocycles. The molecule has 1 aromatic heterocycles. The van der Waals surface area contributed by atoms with Gasteiger partial charge in [-0.3, -0.25) is 4.79 Å². The highest BCUT2D eigenvalue weighted by molar-refractivity contribution is 7.14. The molecule has 1 heterocycles. The van der Waals surface area contributed by atoms with Gasteiger partial charge in [-0.1, -0.05) is 18.2 Å². The average molecular weight is 258 g/mol. The largest absolute Gasteiger partial charge is 0.446 e. The summed E-state index contributed by atoms with van der Waals surface area (Å²) in [5.74, 6) is 1.02. The summed E-state index contributed by atoms with van der Waals surface area (Å²) < 4.78 is 5.87. The molecular formula is C15H14O2S. The number of para-hydroxylation sites is 1. The van der Waals surface area contributed by atoms with Gasteiger partial charge >= 0.3 is 0 Å². The first-order chi connectivity index (χ1) is 8.75. The number of thiophene rings is 1. The second-order valence-electron chi connectivity index (χ2n) is 4.49. The van der Waals surface area contributed by atoms with Gasteiger partial charge in [0.15, 0.2) is 10.8 Å². The molecular weight excluding hydrogens is 244 g/mol. The van der Waals surface area contributed by atoms with Gasteiger partial charge in [0, 0.05) is 11.3 Å². The molecule has 0 spiro atoms. The van der Waals surface area contributed by atoms with Gasteiger partial charge in [-0.15, -0.1) is 11.3 Å². The number of rotatable bonds is 2. The van der Waals surface area contributed by atoms with E-state index in [-0.39, 0.29) is 5.78 Å². The number of fused-ring (bicyclic) bond motifs is 1. The van der Waals surface area contributed by atoms with E-state index in [0.29, 0.717) is 6.42 Å². The van der Waals surface area contributed by atoms with Gasteiger partial charge in [0.1, 0.15) is 5.75 Å². The molecule has 0 saturated carbocycles. The molecule has 92 valence electrons. The minimum Gasteiger partial charge on any atom is -0.446 e. The van der Waals surface area contributed by atoms with Crippen molar-refractivity contribution >= 4 is 17.1 Å². The van der Waals surface area contributed by atoms with Crippen LogP contribution in [0.2, 0.25) is 0 Å². The first kappa shape index (κ1) is 11.5. The number of benzene rings is 1. The van der Waals surface area contributed by atoms with Gasteiger partial charge in [-0.2, -0.15) is 0 Å². The Morgan fingerprint density at radius 3 is 2.72 bits per heavy atom. The number of aryl methyl sites for hydroxylation is 1. The number of carbonyl (C=O) groups excluding carboxylic acids is 1. The van der Waals surface area contributed by atoms with E-state index < -0.39 is 0 Å². The second kappa shape index (κ2) is 4.58. The summed E-state index contributed by atoms with van der Waals surface area (Å²) in [6, 6.07) is 9.64. The maximum absolute atomic E-state index is 12.0. The summed E-state index contributed by atoms with van der Waals surface area (Å²) in [6.45, 7) is 2.07. The summed E-state index contributed by atoms with van der Waals surface area (Å²) in [5.41, 5.74) is 2.02. The van der Waals surface area contributed by atoms with E-state index >= 15 is 0 Å². The Balaban J connectivity index is 2.01. The molecule has 0 unspecified atom stereocenters. The van der Waals surface area contributed by atoms with Gasteiger partial charge in [0.2, 0.25) is 0 Å². The fraction of sp³-hybridized carbons (Fsp3) is 0.267. The van der Waals surface area contributed by atoms with E-state index in [1.807, 2.05) is 30.3 Å². The Morgan fingerprint density at radius 2 is 1.94 bits per heavy atom. The molecule has 0 saturated heterocycles. The lowest BCUT2D eigenvalue weighted by Gasteiger charge is -2.12. The van der Waals surface area contributed by atoms with Crippen molar-refractivity contribution in [1.29, 1.82) is 0 Å². The number of ketones is 1. The van der Waals surface area contributed by atoms with E-state index in [1.54, 1.807) is 11.3 Å². The van der Waals surface area contributed by atoms with E-state index in [2.05, 4.69) is 6.92 Å². The highest BCUT2D eigenvalue weighted by atomic mass is 32.1. The number of carbonyl (C=O) groups is 1. The van der Waals surface area contributed by atoms with Crippen LogP contribution in [0.5, 0.6) is 10.8 Å². The van der Waals surface area contributed by atoms with Crippen molar-refractivity contribution < 1.29 is 9.53 Å². The SMILES string of the molecule is Cc1sc(Oc2ccccc2)c2c1CCCC2=O. The molecule has 2 nitrogen and oxygen atoms in total. The molecule has 0 N–H and O–H groups in total. The number of Topliss-reactive ketones (excluding diaryl/α,β-unsaturated/α-hetero) is 1. The summed E-state index contributed by atoms with van der Waals surface area (Å²) in [5, 5.41) is 0.762. The average Bonchev–Trinajstić information content (AvgIpc) is 2.69. The summed E-state index contributed by atoms with van der Waals surface area (Å²) in [6.07, 6.45) is 2.62. The third-order valence-corrected chi connectivity index (χ3v) is 4.27. The maximum atomic E-state index is 12.0. The van der Waals surface area contributed by atoms with Crippen LogP contribution in [0.1, 0.15) is 33.6 Å². The molecule has 0 radical (unpaired) electrons. The smallest absolute Gasteiger partial charge is 0.192 e. The molecule has 1 aliphatic rings. The monoisotopic (exact) mass is 258 g/mol. The fourth-order valence-corrected chi connectivity index (χ4v) is 3.43. The predicted octanol–water partition coefficient (Wildman–Crippen LogP) is 4.37. The van der Waals surface area contributed by atoms with Crippen molar-refractivity contribution in [1.82, 2.24) is 0 Å². The normalized spacial score (nSPS) is 14.4. The highest BCUT2D eigenvalue weighted by Crippen LogP contribution is 2.41. The van der Waals surface area contributed by atoms with E-state index in [0.717, 1.165) is 29.2 Å². The fourth-order valence-electron chi connectivity index (χ4n) is 2.35. The van der Waals surface area contributed by atoms with Crippen molar-refractivity contribution in [3.63, 3.8) is 0 Å². The molecule has 0 fully saturated rings. The molecule has 1 aliphatic carbocycles. The Bertz CT molecular complexity index is 584. The Kier molecular flexibility index (Phi) is 2.92. The van der Waals surface area contributed by atoms with Crippen LogP contribution in [0, 0.1) is 6.92 Å². The van der Waals surface area contributed by atoms with Gasteiger partial charge in [0.25, 0.3) is 0 Å². The quantitative estimate of drug-likeness (QED) is 0.799.